The number of halogens is 1. The molecule has 2 rings (SSSR count). The highest BCUT2D eigenvalue weighted by Gasteiger charge is 2.16. The maximum atomic E-state index is 12.0. The number of hydrogen-bond donors (Lipinski definition) is 2. The zero-order valence-electron chi connectivity index (χ0n) is 9.95. The summed E-state index contributed by atoms with van der Waals surface area (Å²) in [6.45, 7) is -0.205. The van der Waals surface area contributed by atoms with Crippen LogP contribution in [0.15, 0.2) is 42.7 Å². The second-order valence-corrected chi connectivity index (χ2v) is 4.23. The SMILES string of the molecule is O=C(N[C@@H](CO)c1ccccc1)c1cncc(Cl)n1. The number of nitrogens with zero attached hydrogens (tertiary/aromatic N) is 2. The summed E-state index contributed by atoms with van der Waals surface area (Å²) in [7, 11) is 0. The van der Waals surface area contributed by atoms with Crippen molar-refractivity contribution < 1.29 is 9.90 Å². The van der Waals surface area contributed by atoms with Crippen molar-refractivity contribution in [2.75, 3.05) is 6.61 Å². The van der Waals surface area contributed by atoms with Gasteiger partial charge in [-0.15, -0.1) is 0 Å². The third-order valence-corrected chi connectivity index (χ3v) is 2.71. The lowest BCUT2D eigenvalue weighted by molar-refractivity contribution is 0.0910. The van der Waals surface area contributed by atoms with E-state index in [1.165, 1.54) is 12.4 Å². The molecule has 5 nitrogen and oxygen atoms in total. The number of aliphatic hydroxyl groups is 1. The number of nitrogens with one attached hydrogen (secondary N) is 1. The van der Waals surface area contributed by atoms with E-state index >= 15 is 0 Å². The van der Waals surface area contributed by atoms with Crippen LogP contribution in [0.5, 0.6) is 0 Å². The molecule has 98 valence electrons. The molecule has 0 aliphatic carbocycles. The van der Waals surface area contributed by atoms with Crippen molar-refractivity contribution in [3.05, 3.63) is 59.1 Å². The molecule has 1 aromatic carbocycles. The maximum Gasteiger partial charge on any atom is 0.272 e. The lowest BCUT2D eigenvalue weighted by atomic mass is 10.1. The fourth-order valence-electron chi connectivity index (χ4n) is 1.60. The van der Waals surface area contributed by atoms with E-state index in [1.807, 2.05) is 30.3 Å². The molecule has 0 fully saturated rings. The van der Waals surface area contributed by atoms with Gasteiger partial charge in [0.25, 0.3) is 5.91 Å². The van der Waals surface area contributed by atoms with Crippen molar-refractivity contribution in [1.82, 2.24) is 15.3 Å². The summed E-state index contributed by atoms with van der Waals surface area (Å²) in [6.07, 6.45) is 2.67. The van der Waals surface area contributed by atoms with Gasteiger partial charge >= 0.3 is 0 Å². The molecular formula is C13H12ClN3O2. The van der Waals surface area contributed by atoms with Crippen LogP contribution >= 0.6 is 11.6 Å². The Labute approximate surface area is 115 Å². The van der Waals surface area contributed by atoms with E-state index < -0.39 is 11.9 Å². The van der Waals surface area contributed by atoms with Gasteiger partial charge in [0.15, 0.2) is 0 Å². The number of carbonyl (C=O) groups is 1. The van der Waals surface area contributed by atoms with Gasteiger partial charge in [0.05, 0.1) is 25.0 Å². The number of amides is 1. The molecule has 2 aromatic rings. The van der Waals surface area contributed by atoms with Crippen LogP contribution in [-0.4, -0.2) is 27.6 Å². The third kappa shape index (κ3) is 3.49. The highest BCUT2D eigenvalue weighted by molar-refractivity contribution is 6.29. The Balaban J connectivity index is 2.13. The predicted octanol–water partition coefficient (Wildman–Crippen LogP) is 1.59. The maximum absolute atomic E-state index is 12.0. The highest BCUT2D eigenvalue weighted by atomic mass is 35.5. The molecule has 6 heteroatoms. The molecule has 0 bridgehead atoms. The second kappa shape index (κ2) is 6.26. The molecule has 1 heterocycles. The molecule has 0 saturated carbocycles. The Morgan fingerprint density at radius 2 is 2.05 bits per heavy atom. The normalized spacial score (nSPS) is 11.9. The Bertz CT molecular complexity index is 563. The van der Waals surface area contributed by atoms with E-state index in [1.54, 1.807) is 0 Å². The van der Waals surface area contributed by atoms with Gasteiger partial charge in [0.1, 0.15) is 10.8 Å². The third-order valence-electron chi connectivity index (χ3n) is 2.53. The van der Waals surface area contributed by atoms with Gasteiger partial charge in [0, 0.05) is 0 Å². The molecule has 0 radical (unpaired) electrons. The molecule has 2 N–H and O–H groups in total. The van der Waals surface area contributed by atoms with Crippen LogP contribution in [0.4, 0.5) is 0 Å². The standard InChI is InChI=1S/C13H12ClN3O2/c14-12-7-15-6-10(16-12)13(19)17-11(8-18)9-4-2-1-3-5-9/h1-7,11,18H,8H2,(H,17,19)/t11-/m0/s1. The second-order valence-electron chi connectivity index (χ2n) is 3.85. The molecular weight excluding hydrogens is 266 g/mol. The topological polar surface area (TPSA) is 75.1 Å². The van der Waals surface area contributed by atoms with E-state index in [2.05, 4.69) is 15.3 Å². The van der Waals surface area contributed by atoms with Crippen LogP contribution in [0.3, 0.4) is 0 Å². The number of aromatic nitrogens is 2. The van der Waals surface area contributed by atoms with Crippen molar-refractivity contribution in [3.8, 4) is 0 Å². The summed E-state index contributed by atoms with van der Waals surface area (Å²) in [5.41, 5.74) is 0.926. The number of benzene rings is 1. The van der Waals surface area contributed by atoms with Gasteiger partial charge in [-0.3, -0.25) is 9.78 Å². The smallest absolute Gasteiger partial charge is 0.272 e. The summed E-state index contributed by atoms with van der Waals surface area (Å²) in [5, 5.41) is 12.2. The van der Waals surface area contributed by atoms with Crippen molar-refractivity contribution in [2.45, 2.75) is 6.04 Å². The Kier molecular flexibility index (Phi) is 4.43. The largest absolute Gasteiger partial charge is 0.394 e. The molecule has 1 aromatic heterocycles. The van der Waals surface area contributed by atoms with Gasteiger partial charge in [-0.25, -0.2) is 4.98 Å². The van der Waals surface area contributed by atoms with Gasteiger partial charge in [-0.05, 0) is 5.56 Å². The summed E-state index contributed by atoms with van der Waals surface area (Å²) in [5.74, 6) is -0.432. The molecule has 0 unspecified atom stereocenters. The van der Waals surface area contributed by atoms with E-state index in [9.17, 15) is 9.90 Å². The van der Waals surface area contributed by atoms with Gasteiger partial charge in [-0.2, -0.15) is 0 Å². The van der Waals surface area contributed by atoms with Crippen molar-refractivity contribution in [3.63, 3.8) is 0 Å². The predicted molar refractivity (Wildman–Crippen MR) is 70.8 cm³/mol. The molecule has 0 spiro atoms. The quantitative estimate of drug-likeness (QED) is 0.890. The number of hydrogen-bond acceptors (Lipinski definition) is 4. The first-order valence-corrected chi connectivity index (χ1v) is 6.02. The lowest BCUT2D eigenvalue weighted by Crippen LogP contribution is -2.31. The summed E-state index contributed by atoms with van der Waals surface area (Å²) in [4.78, 5) is 19.6. The lowest BCUT2D eigenvalue weighted by Gasteiger charge is -2.16. The van der Waals surface area contributed by atoms with Crippen LogP contribution in [0.1, 0.15) is 22.1 Å². The number of aliphatic hydroxyl groups excluding tert-OH is 1. The Morgan fingerprint density at radius 3 is 2.68 bits per heavy atom. The van der Waals surface area contributed by atoms with Crippen LogP contribution in [0, 0.1) is 0 Å². The first-order chi connectivity index (χ1) is 9.20. The van der Waals surface area contributed by atoms with Crippen molar-refractivity contribution in [2.24, 2.45) is 0 Å². The first kappa shape index (κ1) is 13.5. The fourth-order valence-corrected chi connectivity index (χ4v) is 1.75. The minimum atomic E-state index is -0.491. The van der Waals surface area contributed by atoms with E-state index in [4.69, 9.17) is 11.6 Å². The van der Waals surface area contributed by atoms with Crippen molar-refractivity contribution >= 4 is 17.5 Å². The molecule has 0 aliphatic rings. The Morgan fingerprint density at radius 1 is 1.32 bits per heavy atom. The molecule has 19 heavy (non-hydrogen) atoms. The van der Waals surface area contributed by atoms with Gasteiger partial charge in [-0.1, -0.05) is 41.9 Å². The average Bonchev–Trinajstić information content (AvgIpc) is 2.45. The summed E-state index contributed by atoms with van der Waals surface area (Å²) in [6, 6.07) is 8.69. The average molecular weight is 278 g/mol. The molecule has 0 aliphatic heterocycles. The summed E-state index contributed by atoms with van der Waals surface area (Å²) < 4.78 is 0. The molecule has 1 amide bonds. The van der Waals surface area contributed by atoms with Crippen LogP contribution in [-0.2, 0) is 0 Å². The van der Waals surface area contributed by atoms with Crippen molar-refractivity contribution in [1.29, 1.82) is 0 Å². The zero-order valence-corrected chi connectivity index (χ0v) is 10.7. The van der Waals surface area contributed by atoms with Crippen LogP contribution in [0.25, 0.3) is 0 Å². The minimum absolute atomic E-state index is 0.113. The van der Waals surface area contributed by atoms with Gasteiger partial charge < -0.3 is 10.4 Å². The molecule has 1 atom stereocenters. The van der Waals surface area contributed by atoms with E-state index in [0.717, 1.165) is 5.56 Å². The van der Waals surface area contributed by atoms with E-state index in [-0.39, 0.29) is 17.5 Å². The fraction of sp³-hybridized carbons (Fsp3) is 0.154. The van der Waals surface area contributed by atoms with E-state index in [0.29, 0.717) is 0 Å². The first-order valence-electron chi connectivity index (χ1n) is 5.65. The monoisotopic (exact) mass is 277 g/mol. The zero-order chi connectivity index (χ0) is 13.7. The number of rotatable bonds is 4. The minimum Gasteiger partial charge on any atom is -0.394 e. The van der Waals surface area contributed by atoms with Crippen LogP contribution in [0.2, 0.25) is 5.15 Å². The number of carbonyl (C=O) groups excluding carboxylic acids is 1. The van der Waals surface area contributed by atoms with Crippen LogP contribution < -0.4 is 5.32 Å². The highest BCUT2D eigenvalue weighted by Crippen LogP contribution is 2.12. The summed E-state index contributed by atoms with van der Waals surface area (Å²) >= 11 is 5.67. The molecule has 0 saturated heterocycles. The van der Waals surface area contributed by atoms with Gasteiger partial charge in [0.2, 0.25) is 0 Å². The Hall–Kier alpha value is -1.98.